The molecule has 2 aromatic rings. The monoisotopic (exact) mass is 312 g/mol. The molecule has 0 bridgehead atoms. The van der Waals surface area contributed by atoms with Crippen LogP contribution in [-0.4, -0.2) is 43.0 Å². The quantitative estimate of drug-likeness (QED) is 0.737. The minimum atomic E-state index is -3.58. The van der Waals surface area contributed by atoms with Gasteiger partial charge in [-0.1, -0.05) is 13.8 Å². The Bertz CT molecular complexity index is 682. The van der Waals surface area contributed by atoms with Gasteiger partial charge in [-0.25, -0.2) is 13.1 Å². The molecule has 0 radical (unpaired) electrons. The fraction of sp³-hybridized carbons (Fsp3) is 0.538. The maximum absolute atomic E-state index is 12.2. The minimum Gasteiger partial charge on any atom is -0.381 e. The molecule has 2 heterocycles. The molecule has 1 N–H and O–H groups in total. The molecular formula is C13H20N4O3S. The van der Waals surface area contributed by atoms with Crippen LogP contribution in [0.3, 0.4) is 0 Å². The maximum Gasteiger partial charge on any atom is 0.244 e. The molecular weight excluding hydrogens is 292 g/mol. The number of hydrogen-bond donors (Lipinski definition) is 1. The molecule has 0 aliphatic rings. The van der Waals surface area contributed by atoms with Crippen molar-refractivity contribution in [1.82, 2.24) is 19.5 Å². The van der Waals surface area contributed by atoms with Gasteiger partial charge in [0.25, 0.3) is 0 Å². The first-order valence-corrected chi connectivity index (χ1v) is 8.35. The van der Waals surface area contributed by atoms with E-state index in [1.54, 1.807) is 18.3 Å². The molecule has 0 amide bonds. The molecule has 0 atom stereocenters. The fourth-order valence-electron chi connectivity index (χ4n) is 1.80. The van der Waals surface area contributed by atoms with Gasteiger partial charge in [-0.05, 0) is 24.5 Å². The van der Waals surface area contributed by atoms with Gasteiger partial charge in [0.1, 0.15) is 10.4 Å². The molecule has 2 aromatic heterocycles. The summed E-state index contributed by atoms with van der Waals surface area (Å²) < 4.78 is 33.7. The number of fused-ring (bicyclic) bond motifs is 1. The van der Waals surface area contributed by atoms with Crippen molar-refractivity contribution in [2.45, 2.75) is 25.2 Å². The van der Waals surface area contributed by atoms with E-state index in [0.717, 1.165) is 0 Å². The van der Waals surface area contributed by atoms with E-state index in [-0.39, 0.29) is 4.90 Å². The van der Waals surface area contributed by atoms with Crippen molar-refractivity contribution in [2.75, 3.05) is 19.8 Å². The van der Waals surface area contributed by atoms with Crippen molar-refractivity contribution < 1.29 is 13.2 Å². The van der Waals surface area contributed by atoms with Crippen LogP contribution < -0.4 is 4.72 Å². The molecule has 0 aliphatic carbocycles. The van der Waals surface area contributed by atoms with Gasteiger partial charge in [-0.2, -0.15) is 14.8 Å². The normalized spacial score (nSPS) is 12.3. The van der Waals surface area contributed by atoms with Crippen molar-refractivity contribution >= 4 is 15.5 Å². The van der Waals surface area contributed by atoms with Gasteiger partial charge in [0.15, 0.2) is 0 Å². The first-order chi connectivity index (χ1) is 10.0. The third kappa shape index (κ3) is 4.23. The summed E-state index contributed by atoms with van der Waals surface area (Å²) in [4.78, 5) is 0.138. The lowest BCUT2D eigenvalue weighted by molar-refractivity contribution is 0.108. The third-order valence-corrected chi connectivity index (χ3v) is 4.24. The van der Waals surface area contributed by atoms with E-state index in [4.69, 9.17) is 4.74 Å². The topological polar surface area (TPSA) is 85.6 Å². The second-order valence-electron chi connectivity index (χ2n) is 5.13. The summed E-state index contributed by atoms with van der Waals surface area (Å²) in [6.45, 7) is 5.70. The average Bonchev–Trinajstić information content (AvgIpc) is 2.87. The van der Waals surface area contributed by atoms with Crippen LogP contribution in [-0.2, 0) is 14.8 Å². The van der Waals surface area contributed by atoms with Crippen LogP contribution in [0.15, 0.2) is 29.4 Å². The Kier molecular flexibility index (Phi) is 5.27. The van der Waals surface area contributed by atoms with Gasteiger partial charge in [-0.15, -0.1) is 0 Å². The van der Waals surface area contributed by atoms with E-state index in [9.17, 15) is 8.42 Å². The van der Waals surface area contributed by atoms with Gasteiger partial charge in [0, 0.05) is 26.0 Å². The SMILES string of the molecule is CC(C)COCCCNS(=O)(=O)c1cnn2ncccc12. The summed E-state index contributed by atoms with van der Waals surface area (Å²) in [6, 6.07) is 3.34. The number of rotatable bonds is 8. The highest BCUT2D eigenvalue weighted by Crippen LogP contribution is 2.14. The van der Waals surface area contributed by atoms with Crippen molar-refractivity contribution in [1.29, 1.82) is 0 Å². The molecule has 0 saturated carbocycles. The van der Waals surface area contributed by atoms with Crippen molar-refractivity contribution in [3.05, 3.63) is 24.5 Å². The highest BCUT2D eigenvalue weighted by Gasteiger charge is 2.19. The molecule has 2 rings (SSSR count). The Hall–Kier alpha value is -1.51. The molecule has 7 nitrogen and oxygen atoms in total. The molecule has 0 spiro atoms. The summed E-state index contributed by atoms with van der Waals surface area (Å²) in [5.41, 5.74) is 0.459. The molecule has 0 fully saturated rings. The molecule has 21 heavy (non-hydrogen) atoms. The van der Waals surface area contributed by atoms with Crippen LogP contribution in [0.25, 0.3) is 5.52 Å². The Morgan fingerprint density at radius 1 is 1.38 bits per heavy atom. The minimum absolute atomic E-state index is 0.138. The zero-order valence-electron chi connectivity index (χ0n) is 12.2. The molecule has 8 heteroatoms. The molecule has 0 unspecified atom stereocenters. The Balaban J connectivity index is 1.90. The van der Waals surface area contributed by atoms with Gasteiger partial charge in [-0.3, -0.25) is 0 Å². The number of sulfonamides is 1. The zero-order chi connectivity index (χ0) is 15.3. The summed E-state index contributed by atoms with van der Waals surface area (Å²) >= 11 is 0. The lowest BCUT2D eigenvalue weighted by Gasteiger charge is -2.07. The van der Waals surface area contributed by atoms with E-state index in [1.807, 2.05) is 0 Å². The largest absolute Gasteiger partial charge is 0.381 e. The number of ether oxygens (including phenoxy) is 1. The second kappa shape index (κ2) is 6.97. The molecule has 116 valence electrons. The first kappa shape index (κ1) is 15.9. The zero-order valence-corrected chi connectivity index (χ0v) is 13.0. The van der Waals surface area contributed by atoms with E-state index < -0.39 is 10.0 Å². The van der Waals surface area contributed by atoms with Crippen LogP contribution in [0.5, 0.6) is 0 Å². The fourth-order valence-corrected chi connectivity index (χ4v) is 2.97. The van der Waals surface area contributed by atoms with Crippen LogP contribution in [0.2, 0.25) is 0 Å². The standard InChI is InChI=1S/C13H20N4O3S/c1-11(2)10-20-8-4-7-16-21(18,19)13-9-15-17-12(13)5-3-6-14-17/h3,5-6,9,11,16H,4,7-8,10H2,1-2H3. The van der Waals surface area contributed by atoms with Crippen LogP contribution in [0.1, 0.15) is 20.3 Å². The summed E-state index contributed by atoms with van der Waals surface area (Å²) in [5, 5.41) is 7.87. The summed E-state index contributed by atoms with van der Waals surface area (Å²) in [6.07, 6.45) is 3.49. The number of nitrogens with zero attached hydrogens (tertiary/aromatic N) is 3. The summed E-state index contributed by atoms with van der Waals surface area (Å²) in [7, 11) is -3.58. The van der Waals surface area contributed by atoms with Crippen molar-refractivity contribution in [2.24, 2.45) is 5.92 Å². The van der Waals surface area contributed by atoms with E-state index >= 15 is 0 Å². The van der Waals surface area contributed by atoms with Gasteiger partial charge in [0.05, 0.1) is 6.20 Å². The third-order valence-electron chi connectivity index (χ3n) is 2.77. The molecule has 0 aromatic carbocycles. The predicted octanol–water partition coefficient (Wildman–Crippen LogP) is 1.07. The maximum atomic E-state index is 12.2. The van der Waals surface area contributed by atoms with Crippen LogP contribution >= 0.6 is 0 Å². The van der Waals surface area contributed by atoms with Gasteiger partial charge < -0.3 is 4.74 Å². The Labute approximate surface area is 124 Å². The number of hydrogen-bond acceptors (Lipinski definition) is 5. The van der Waals surface area contributed by atoms with E-state index in [0.29, 0.717) is 37.6 Å². The lowest BCUT2D eigenvalue weighted by atomic mass is 10.2. The molecule has 0 saturated heterocycles. The van der Waals surface area contributed by atoms with Crippen molar-refractivity contribution in [3.63, 3.8) is 0 Å². The summed E-state index contributed by atoms with van der Waals surface area (Å²) in [5.74, 6) is 0.480. The predicted molar refractivity (Wildman–Crippen MR) is 78.4 cm³/mol. The van der Waals surface area contributed by atoms with E-state index in [2.05, 4.69) is 28.8 Å². The molecule has 0 aliphatic heterocycles. The average molecular weight is 312 g/mol. The van der Waals surface area contributed by atoms with Gasteiger partial charge in [0.2, 0.25) is 10.0 Å². The first-order valence-electron chi connectivity index (χ1n) is 6.87. The number of aromatic nitrogens is 3. The van der Waals surface area contributed by atoms with Crippen LogP contribution in [0.4, 0.5) is 0 Å². The Morgan fingerprint density at radius 2 is 2.19 bits per heavy atom. The lowest BCUT2D eigenvalue weighted by Crippen LogP contribution is -2.25. The highest BCUT2D eigenvalue weighted by molar-refractivity contribution is 7.89. The van der Waals surface area contributed by atoms with Crippen LogP contribution in [0, 0.1) is 5.92 Å². The van der Waals surface area contributed by atoms with Crippen molar-refractivity contribution in [3.8, 4) is 0 Å². The Morgan fingerprint density at radius 3 is 2.95 bits per heavy atom. The second-order valence-corrected chi connectivity index (χ2v) is 6.86. The number of nitrogens with one attached hydrogen (secondary N) is 1. The highest BCUT2D eigenvalue weighted by atomic mass is 32.2. The smallest absolute Gasteiger partial charge is 0.244 e. The van der Waals surface area contributed by atoms with Gasteiger partial charge >= 0.3 is 0 Å². The van der Waals surface area contributed by atoms with E-state index in [1.165, 1.54) is 10.8 Å².